The van der Waals surface area contributed by atoms with Crippen LogP contribution in [0.15, 0.2) is 24.3 Å². The first-order valence-electron chi connectivity index (χ1n) is 7.41. The Balaban J connectivity index is 1.96. The Morgan fingerprint density at radius 2 is 2.05 bits per heavy atom. The number of hydrogen-bond acceptors (Lipinski definition) is 2. The Hall–Kier alpha value is -0.930. The molecule has 2 unspecified atom stereocenters. The van der Waals surface area contributed by atoms with Gasteiger partial charge in [0.2, 0.25) is 0 Å². The molecule has 1 heterocycles. The van der Waals surface area contributed by atoms with Crippen LogP contribution < -0.4 is 5.73 Å². The van der Waals surface area contributed by atoms with E-state index in [9.17, 15) is 4.39 Å². The summed E-state index contributed by atoms with van der Waals surface area (Å²) in [6.45, 7) is 4.22. The van der Waals surface area contributed by atoms with Crippen molar-refractivity contribution in [2.24, 2.45) is 5.73 Å². The Kier molecular flexibility index (Phi) is 5.34. The van der Waals surface area contributed by atoms with Crippen molar-refractivity contribution in [3.63, 3.8) is 0 Å². The number of rotatable bonds is 5. The number of nitrogens with zero attached hydrogens (tertiary/aromatic N) is 1. The Bertz CT molecular complexity index is 375. The predicted molar refractivity (Wildman–Crippen MR) is 77.6 cm³/mol. The van der Waals surface area contributed by atoms with Gasteiger partial charge in [0.15, 0.2) is 0 Å². The Morgan fingerprint density at radius 3 is 2.74 bits per heavy atom. The molecule has 0 aliphatic carbocycles. The van der Waals surface area contributed by atoms with E-state index >= 15 is 0 Å². The third-order valence-electron chi connectivity index (χ3n) is 4.18. The van der Waals surface area contributed by atoms with Gasteiger partial charge in [-0.15, -0.1) is 0 Å². The van der Waals surface area contributed by atoms with Crippen molar-refractivity contribution >= 4 is 0 Å². The van der Waals surface area contributed by atoms with Crippen molar-refractivity contribution in [2.75, 3.05) is 13.1 Å². The fraction of sp³-hybridized carbons (Fsp3) is 0.625. The van der Waals surface area contributed by atoms with Gasteiger partial charge in [-0.05, 0) is 63.4 Å². The lowest BCUT2D eigenvalue weighted by molar-refractivity contribution is 0.0983. The van der Waals surface area contributed by atoms with Crippen LogP contribution in [0.3, 0.4) is 0 Å². The minimum atomic E-state index is -0.157. The molecule has 1 aliphatic heterocycles. The summed E-state index contributed by atoms with van der Waals surface area (Å²) in [5.41, 5.74) is 6.94. The highest BCUT2D eigenvalue weighted by Crippen LogP contribution is 2.23. The number of piperidine rings is 1. The minimum Gasteiger partial charge on any atom is -0.330 e. The highest BCUT2D eigenvalue weighted by molar-refractivity contribution is 5.17. The zero-order chi connectivity index (χ0) is 13.7. The van der Waals surface area contributed by atoms with E-state index < -0.39 is 0 Å². The highest BCUT2D eigenvalue weighted by atomic mass is 19.1. The lowest BCUT2D eigenvalue weighted by Gasteiger charge is -2.40. The second-order valence-electron chi connectivity index (χ2n) is 5.64. The molecule has 1 aliphatic rings. The minimum absolute atomic E-state index is 0.157. The van der Waals surface area contributed by atoms with Crippen LogP contribution in [0.1, 0.15) is 38.2 Å². The summed E-state index contributed by atoms with van der Waals surface area (Å²) in [4.78, 5) is 2.60. The fourth-order valence-electron chi connectivity index (χ4n) is 3.18. The molecule has 1 aromatic carbocycles. The van der Waals surface area contributed by atoms with E-state index in [1.807, 2.05) is 12.1 Å². The lowest BCUT2D eigenvalue weighted by atomic mass is 9.95. The van der Waals surface area contributed by atoms with Gasteiger partial charge in [-0.1, -0.05) is 18.6 Å². The predicted octanol–water partition coefficient (Wildman–Crippen LogP) is 2.96. The number of benzene rings is 1. The van der Waals surface area contributed by atoms with Crippen molar-refractivity contribution in [3.05, 3.63) is 35.6 Å². The van der Waals surface area contributed by atoms with Gasteiger partial charge in [0.1, 0.15) is 5.82 Å². The van der Waals surface area contributed by atoms with Gasteiger partial charge in [-0.2, -0.15) is 0 Å². The molecule has 0 amide bonds. The van der Waals surface area contributed by atoms with E-state index in [1.165, 1.54) is 31.4 Å². The summed E-state index contributed by atoms with van der Waals surface area (Å²) in [5, 5.41) is 0. The van der Waals surface area contributed by atoms with Gasteiger partial charge >= 0.3 is 0 Å². The van der Waals surface area contributed by atoms with Gasteiger partial charge in [0, 0.05) is 12.1 Å². The van der Waals surface area contributed by atoms with Crippen molar-refractivity contribution < 1.29 is 4.39 Å². The maximum atomic E-state index is 12.9. The van der Waals surface area contributed by atoms with E-state index in [0.717, 1.165) is 19.4 Å². The molecule has 2 N–H and O–H groups in total. The van der Waals surface area contributed by atoms with Crippen LogP contribution in [0.2, 0.25) is 0 Å². The highest BCUT2D eigenvalue weighted by Gasteiger charge is 2.25. The topological polar surface area (TPSA) is 29.3 Å². The van der Waals surface area contributed by atoms with Gasteiger partial charge in [0.25, 0.3) is 0 Å². The third-order valence-corrected chi connectivity index (χ3v) is 4.18. The van der Waals surface area contributed by atoms with E-state index in [4.69, 9.17) is 5.73 Å². The third kappa shape index (κ3) is 4.02. The summed E-state index contributed by atoms with van der Waals surface area (Å²) < 4.78 is 12.9. The first-order valence-corrected chi connectivity index (χ1v) is 7.41. The summed E-state index contributed by atoms with van der Waals surface area (Å²) >= 11 is 0. The number of hydrogen-bond donors (Lipinski definition) is 1. The van der Waals surface area contributed by atoms with Crippen LogP contribution in [-0.4, -0.2) is 30.1 Å². The van der Waals surface area contributed by atoms with Crippen LogP contribution in [0.25, 0.3) is 0 Å². The SMILES string of the molecule is CC(Cc1ccc(F)cc1)N1CCCCC1CCN. The molecule has 0 spiro atoms. The zero-order valence-electron chi connectivity index (χ0n) is 11.8. The van der Waals surface area contributed by atoms with Crippen molar-refractivity contribution in [3.8, 4) is 0 Å². The van der Waals surface area contributed by atoms with Crippen molar-refractivity contribution in [2.45, 2.75) is 51.1 Å². The molecule has 1 aromatic rings. The smallest absolute Gasteiger partial charge is 0.123 e. The lowest BCUT2D eigenvalue weighted by Crippen LogP contribution is -2.46. The van der Waals surface area contributed by atoms with Crippen LogP contribution >= 0.6 is 0 Å². The second kappa shape index (κ2) is 7.01. The maximum absolute atomic E-state index is 12.9. The molecule has 19 heavy (non-hydrogen) atoms. The average molecular weight is 264 g/mol. The molecular weight excluding hydrogens is 239 g/mol. The van der Waals surface area contributed by atoms with Crippen LogP contribution in [0.5, 0.6) is 0 Å². The van der Waals surface area contributed by atoms with Crippen LogP contribution in [-0.2, 0) is 6.42 Å². The second-order valence-corrected chi connectivity index (χ2v) is 5.64. The molecule has 0 radical (unpaired) electrons. The van der Waals surface area contributed by atoms with Gasteiger partial charge < -0.3 is 5.73 Å². The molecular formula is C16H25FN2. The van der Waals surface area contributed by atoms with Gasteiger partial charge in [-0.25, -0.2) is 4.39 Å². The van der Waals surface area contributed by atoms with E-state index in [2.05, 4.69) is 11.8 Å². The monoisotopic (exact) mass is 264 g/mol. The maximum Gasteiger partial charge on any atom is 0.123 e. The molecule has 106 valence electrons. The molecule has 2 rings (SSSR count). The molecule has 0 saturated carbocycles. The molecule has 2 atom stereocenters. The van der Waals surface area contributed by atoms with E-state index in [-0.39, 0.29) is 5.82 Å². The average Bonchev–Trinajstić information content (AvgIpc) is 2.42. The Morgan fingerprint density at radius 1 is 1.32 bits per heavy atom. The molecule has 3 heteroatoms. The zero-order valence-corrected chi connectivity index (χ0v) is 11.8. The summed E-state index contributed by atoms with van der Waals surface area (Å²) in [6.07, 6.45) is 5.96. The van der Waals surface area contributed by atoms with Crippen molar-refractivity contribution in [1.82, 2.24) is 4.90 Å². The summed E-state index contributed by atoms with van der Waals surface area (Å²) in [5.74, 6) is -0.157. The molecule has 0 bridgehead atoms. The van der Waals surface area contributed by atoms with Crippen LogP contribution in [0.4, 0.5) is 4.39 Å². The fourth-order valence-corrected chi connectivity index (χ4v) is 3.18. The molecule has 0 aromatic heterocycles. The van der Waals surface area contributed by atoms with Gasteiger partial charge in [-0.3, -0.25) is 4.90 Å². The first kappa shape index (κ1) is 14.5. The molecule has 1 fully saturated rings. The summed E-state index contributed by atoms with van der Waals surface area (Å²) in [6, 6.07) is 8.03. The first-order chi connectivity index (χ1) is 9.20. The van der Waals surface area contributed by atoms with E-state index in [1.54, 1.807) is 12.1 Å². The molecule has 1 saturated heterocycles. The quantitative estimate of drug-likeness (QED) is 0.886. The van der Waals surface area contributed by atoms with Crippen molar-refractivity contribution in [1.29, 1.82) is 0 Å². The van der Waals surface area contributed by atoms with E-state index in [0.29, 0.717) is 12.1 Å². The normalized spacial score (nSPS) is 22.4. The largest absolute Gasteiger partial charge is 0.330 e. The molecule has 2 nitrogen and oxygen atoms in total. The van der Waals surface area contributed by atoms with Gasteiger partial charge in [0.05, 0.1) is 0 Å². The number of likely N-dealkylation sites (tertiary alicyclic amines) is 1. The standard InChI is InChI=1S/C16H25FN2/c1-13(12-14-5-7-15(17)8-6-14)19-11-3-2-4-16(19)9-10-18/h5-8,13,16H,2-4,9-12,18H2,1H3. The Labute approximate surface area is 115 Å². The number of nitrogens with two attached hydrogens (primary N) is 1. The number of halogens is 1. The van der Waals surface area contributed by atoms with Crippen LogP contribution in [0, 0.1) is 5.82 Å². The summed E-state index contributed by atoms with van der Waals surface area (Å²) in [7, 11) is 0.